The fraction of sp³-hybridized carbons (Fsp3) is 0.400. The molecule has 16 heavy (non-hydrogen) atoms. The molecule has 0 spiro atoms. The van der Waals surface area contributed by atoms with Crippen molar-refractivity contribution in [1.29, 1.82) is 0 Å². The Labute approximate surface area is 98.2 Å². The van der Waals surface area contributed by atoms with Crippen LogP contribution in [-0.2, 0) is 4.79 Å². The predicted molar refractivity (Wildman–Crippen MR) is 65.5 cm³/mol. The molecule has 0 bridgehead atoms. The van der Waals surface area contributed by atoms with E-state index in [0.29, 0.717) is 5.69 Å². The number of primary amides is 1. The maximum atomic E-state index is 11.7. The number of aromatic nitrogens is 1. The quantitative estimate of drug-likeness (QED) is 0.723. The molecule has 0 radical (unpaired) electrons. The molecule has 0 saturated carbocycles. The Balaban J connectivity index is 2.65. The van der Waals surface area contributed by atoms with Crippen molar-refractivity contribution in [2.75, 3.05) is 11.6 Å². The molecule has 0 fully saturated rings. The topological polar surface area (TPSA) is 88.0 Å². The van der Waals surface area contributed by atoms with Crippen molar-refractivity contribution in [1.82, 2.24) is 4.98 Å². The second-order valence-electron chi connectivity index (χ2n) is 3.29. The summed E-state index contributed by atoms with van der Waals surface area (Å²) >= 11 is 1.50. The minimum atomic E-state index is -0.544. The van der Waals surface area contributed by atoms with Gasteiger partial charge in [0.2, 0.25) is 5.91 Å². The van der Waals surface area contributed by atoms with Crippen molar-refractivity contribution in [2.24, 2.45) is 5.73 Å². The molecule has 5 nitrogen and oxygen atoms in total. The van der Waals surface area contributed by atoms with Gasteiger partial charge in [0.1, 0.15) is 5.69 Å². The Kier molecular flexibility index (Phi) is 4.42. The van der Waals surface area contributed by atoms with Crippen LogP contribution < -0.4 is 11.1 Å². The van der Waals surface area contributed by atoms with Crippen molar-refractivity contribution < 1.29 is 9.59 Å². The largest absolute Gasteiger partial charge is 0.364 e. The normalized spacial score (nSPS) is 12.1. The monoisotopic (exact) mass is 241 g/mol. The van der Waals surface area contributed by atoms with E-state index >= 15 is 0 Å². The van der Waals surface area contributed by atoms with E-state index in [4.69, 9.17) is 5.73 Å². The molecular weight excluding hydrogens is 226 g/mol. The maximum absolute atomic E-state index is 11.7. The predicted octanol–water partition coefficient (Wildman–Crippen LogP) is 1.19. The Bertz CT molecular complexity index is 385. The zero-order valence-corrected chi connectivity index (χ0v) is 10.1. The molecule has 88 valence electrons. The minimum Gasteiger partial charge on any atom is -0.364 e. The number of carbonyl (C=O) groups is 2. The van der Waals surface area contributed by atoms with Gasteiger partial charge in [-0.3, -0.25) is 9.59 Å². The second-order valence-corrected chi connectivity index (χ2v) is 4.33. The van der Waals surface area contributed by atoms with Gasteiger partial charge in [0.05, 0.1) is 10.9 Å². The highest BCUT2D eigenvalue weighted by Crippen LogP contribution is 2.15. The van der Waals surface area contributed by atoms with Crippen molar-refractivity contribution >= 4 is 29.3 Å². The summed E-state index contributed by atoms with van der Waals surface area (Å²) in [6.45, 7) is 1.95. The van der Waals surface area contributed by atoms with Crippen LogP contribution in [0.1, 0.15) is 23.8 Å². The molecule has 0 saturated heterocycles. The highest BCUT2D eigenvalue weighted by atomic mass is 32.2. The number of hydrogen-bond donors (Lipinski definition) is 3. The highest BCUT2D eigenvalue weighted by molar-refractivity contribution is 7.99. The average Bonchev–Trinajstić information content (AvgIpc) is 2.68. The molecule has 0 aliphatic rings. The van der Waals surface area contributed by atoms with Gasteiger partial charge in [0, 0.05) is 6.20 Å². The molecule has 1 aromatic heterocycles. The van der Waals surface area contributed by atoms with Crippen LogP contribution in [0.4, 0.5) is 5.69 Å². The maximum Gasteiger partial charge on any atom is 0.265 e. The molecule has 0 aliphatic carbocycles. The van der Waals surface area contributed by atoms with Gasteiger partial charge in [-0.1, -0.05) is 6.92 Å². The summed E-state index contributed by atoms with van der Waals surface area (Å²) in [4.78, 5) is 25.2. The molecule has 1 atom stereocenters. The Morgan fingerprint density at radius 1 is 1.62 bits per heavy atom. The Morgan fingerprint density at radius 3 is 2.75 bits per heavy atom. The van der Waals surface area contributed by atoms with E-state index in [1.54, 1.807) is 6.20 Å². The first-order valence-electron chi connectivity index (χ1n) is 4.90. The molecule has 1 aromatic rings. The number of anilines is 1. The van der Waals surface area contributed by atoms with Crippen LogP contribution in [0.3, 0.4) is 0 Å². The molecule has 1 unspecified atom stereocenters. The first kappa shape index (κ1) is 12.6. The van der Waals surface area contributed by atoms with E-state index in [-0.39, 0.29) is 16.9 Å². The lowest BCUT2D eigenvalue weighted by Crippen LogP contribution is -2.24. The van der Waals surface area contributed by atoms with Crippen LogP contribution in [0.25, 0.3) is 0 Å². The van der Waals surface area contributed by atoms with E-state index in [1.807, 2.05) is 13.2 Å². The number of aromatic amines is 1. The summed E-state index contributed by atoms with van der Waals surface area (Å²) in [5.74, 6) is -0.609. The van der Waals surface area contributed by atoms with Gasteiger partial charge in [0.25, 0.3) is 5.91 Å². The van der Waals surface area contributed by atoms with Crippen molar-refractivity contribution in [3.8, 4) is 0 Å². The lowest BCUT2D eigenvalue weighted by Gasteiger charge is -2.10. The van der Waals surface area contributed by atoms with Crippen LogP contribution in [0, 0.1) is 0 Å². The summed E-state index contributed by atoms with van der Waals surface area (Å²) in [6, 6.07) is 1.52. The Morgan fingerprint density at radius 2 is 2.31 bits per heavy atom. The zero-order chi connectivity index (χ0) is 12.1. The van der Waals surface area contributed by atoms with E-state index in [9.17, 15) is 9.59 Å². The number of rotatable bonds is 5. The fourth-order valence-electron chi connectivity index (χ4n) is 1.29. The third-order valence-electron chi connectivity index (χ3n) is 2.16. The smallest absolute Gasteiger partial charge is 0.265 e. The number of hydrogen-bond acceptors (Lipinski definition) is 3. The van der Waals surface area contributed by atoms with Crippen LogP contribution in [-0.4, -0.2) is 28.3 Å². The second kappa shape index (κ2) is 5.60. The Hall–Kier alpha value is -1.43. The molecule has 4 N–H and O–H groups in total. The van der Waals surface area contributed by atoms with Gasteiger partial charge < -0.3 is 16.0 Å². The summed E-state index contributed by atoms with van der Waals surface area (Å²) in [5, 5.41) is 2.64. The SMILES string of the molecule is CCC(SC)C(=O)Nc1c[nH]c(C(N)=O)c1. The zero-order valence-electron chi connectivity index (χ0n) is 9.24. The van der Waals surface area contributed by atoms with Gasteiger partial charge in [0.15, 0.2) is 0 Å². The third kappa shape index (κ3) is 3.03. The number of nitrogens with one attached hydrogen (secondary N) is 2. The van der Waals surface area contributed by atoms with Crippen LogP contribution >= 0.6 is 11.8 Å². The van der Waals surface area contributed by atoms with Crippen molar-refractivity contribution in [3.63, 3.8) is 0 Å². The number of amides is 2. The molecule has 0 aliphatic heterocycles. The molecule has 1 heterocycles. The standard InChI is InChI=1S/C10H15N3O2S/c1-3-8(16-2)10(15)13-6-4-7(9(11)14)12-5-6/h4-5,8,12H,3H2,1-2H3,(H2,11,14)(H,13,15). The molecule has 2 amide bonds. The van der Waals surface area contributed by atoms with Crippen LogP contribution in [0.2, 0.25) is 0 Å². The van der Waals surface area contributed by atoms with Crippen molar-refractivity contribution in [3.05, 3.63) is 18.0 Å². The summed E-state index contributed by atoms with van der Waals surface area (Å²) in [7, 11) is 0. The van der Waals surface area contributed by atoms with Gasteiger partial charge in [-0.15, -0.1) is 0 Å². The van der Waals surface area contributed by atoms with Gasteiger partial charge >= 0.3 is 0 Å². The van der Waals surface area contributed by atoms with Crippen LogP contribution in [0.5, 0.6) is 0 Å². The number of nitrogens with two attached hydrogens (primary N) is 1. The van der Waals surface area contributed by atoms with E-state index in [2.05, 4.69) is 10.3 Å². The molecule has 1 rings (SSSR count). The molecule has 6 heteroatoms. The molecule has 0 aromatic carbocycles. The number of thioether (sulfide) groups is 1. The lowest BCUT2D eigenvalue weighted by molar-refractivity contribution is -0.115. The molecular formula is C10H15N3O2S. The first-order valence-corrected chi connectivity index (χ1v) is 6.19. The lowest BCUT2D eigenvalue weighted by atomic mass is 10.3. The minimum absolute atomic E-state index is 0.0648. The average molecular weight is 241 g/mol. The number of carbonyl (C=O) groups excluding carboxylic acids is 2. The van der Waals surface area contributed by atoms with E-state index < -0.39 is 5.91 Å². The summed E-state index contributed by atoms with van der Waals surface area (Å²) in [6.07, 6.45) is 4.20. The highest BCUT2D eigenvalue weighted by Gasteiger charge is 2.15. The van der Waals surface area contributed by atoms with Gasteiger partial charge in [-0.2, -0.15) is 11.8 Å². The van der Waals surface area contributed by atoms with E-state index in [0.717, 1.165) is 6.42 Å². The third-order valence-corrected chi connectivity index (χ3v) is 3.28. The fourth-order valence-corrected chi connectivity index (χ4v) is 1.90. The van der Waals surface area contributed by atoms with Gasteiger partial charge in [-0.05, 0) is 18.7 Å². The first-order chi connectivity index (χ1) is 7.58. The van der Waals surface area contributed by atoms with Crippen molar-refractivity contribution in [2.45, 2.75) is 18.6 Å². The van der Waals surface area contributed by atoms with Crippen LogP contribution in [0.15, 0.2) is 12.3 Å². The van der Waals surface area contributed by atoms with Gasteiger partial charge in [-0.25, -0.2) is 0 Å². The summed E-state index contributed by atoms with van der Waals surface area (Å²) in [5.41, 5.74) is 5.93. The number of H-pyrrole nitrogens is 1. The van der Waals surface area contributed by atoms with E-state index in [1.165, 1.54) is 17.8 Å². The summed E-state index contributed by atoms with van der Waals surface area (Å²) < 4.78 is 0.